The van der Waals surface area contributed by atoms with Crippen molar-refractivity contribution in [1.29, 1.82) is 0 Å². The molecule has 5 rings (SSSR count). The van der Waals surface area contributed by atoms with E-state index in [0.717, 1.165) is 41.4 Å². The van der Waals surface area contributed by atoms with Crippen LogP contribution in [0.15, 0.2) is 80.8 Å². The number of hydrogen-bond donors (Lipinski definition) is 1. The molecular weight excluding hydrogens is 604 g/mol. The molecule has 1 aliphatic heterocycles. The van der Waals surface area contributed by atoms with Crippen LogP contribution >= 0.6 is 15.9 Å². The van der Waals surface area contributed by atoms with Gasteiger partial charge in [0.05, 0.1) is 32.6 Å². The van der Waals surface area contributed by atoms with Crippen LogP contribution in [0.3, 0.4) is 0 Å². The highest BCUT2D eigenvalue weighted by molar-refractivity contribution is 9.10. The van der Waals surface area contributed by atoms with Crippen molar-refractivity contribution in [2.45, 2.75) is 32.0 Å². The molecule has 1 saturated heterocycles. The summed E-state index contributed by atoms with van der Waals surface area (Å²) >= 11 is 3.50. The Morgan fingerprint density at radius 3 is 2.79 bits per heavy atom. The number of piperidine rings is 1. The molecule has 1 atom stereocenters. The third-order valence-electron chi connectivity index (χ3n) is 7.11. The van der Waals surface area contributed by atoms with E-state index in [4.69, 9.17) is 14.3 Å². The molecule has 42 heavy (non-hydrogen) atoms. The number of aromatic nitrogens is 2. The summed E-state index contributed by atoms with van der Waals surface area (Å²) in [5.74, 6) is 0.418. The van der Waals surface area contributed by atoms with Crippen molar-refractivity contribution in [3.63, 3.8) is 0 Å². The van der Waals surface area contributed by atoms with E-state index in [1.54, 1.807) is 43.2 Å². The maximum Gasteiger partial charge on any atom is 0.304 e. The fourth-order valence-electron chi connectivity index (χ4n) is 5.09. The normalized spacial score (nSPS) is 15.9. The van der Waals surface area contributed by atoms with Gasteiger partial charge in [-0.25, -0.2) is 0 Å². The molecular formula is C30H31BrN6O5. The lowest BCUT2D eigenvalue weighted by molar-refractivity contribution is -0.122. The quantitative estimate of drug-likeness (QED) is 0.122. The van der Waals surface area contributed by atoms with Crippen LogP contribution < -0.4 is 9.47 Å². The number of halogens is 1. The van der Waals surface area contributed by atoms with E-state index in [9.17, 15) is 9.90 Å². The van der Waals surface area contributed by atoms with Crippen LogP contribution in [0.5, 0.6) is 17.4 Å². The Labute approximate surface area is 251 Å². The lowest BCUT2D eigenvalue weighted by Gasteiger charge is -2.36. The van der Waals surface area contributed by atoms with Crippen LogP contribution in [0, 0.1) is 0 Å². The first-order valence-corrected chi connectivity index (χ1v) is 14.2. The summed E-state index contributed by atoms with van der Waals surface area (Å²) in [6.45, 7) is 0.906. The second kappa shape index (κ2) is 13.6. The molecule has 1 amide bonds. The van der Waals surface area contributed by atoms with Crippen molar-refractivity contribution < 1.29 is 24.2 Å². The largest absolute Gasteiger partial charge is 0.493 e. The number of pyridine rings is 1. The monoisotopic (exact) mass is 634 g/mol. The smallest absolute Gasteiger partial charge is 0.304 e. The van der Waals surface area contributed by atoms with Gasteiger partial charge in [-0.15, -0.1) is 10.2 Å². The van der Waals surface area contributed by atoms with Gasteiger partial charge in [-0.1, -0.05) is 33.6 Å². The van der Waals surface area contributed by atoms with Crippen LogP contribution in [0.4, 0.5) is 5.69 Å². The van der Waals surface area contributed by atoms with Crippen molar-refractivity contribution in [3.05, 3.63) is 76.5 Å². The first kappa shape index (κ1) is 29.2. The molecule has 0 saturated carbocycles. The van der Waals surface area contributed by atoms with Crippen LogP contribution in [-0.4, -0.2) is 59.1 Å². The highest BCUT2D eigenvalue weighted by Crippen LogP contribution is 2.41. The van der Waals surface area contributed by atoms with Crippen molar-refractivity contribution in [1.82, 2.24) is 14.5 Å². The lowest BCUT2D eigenvalue weighted by atomic mass is 9.97. The van der Waals surface area contributed by atoms with Gasteiger partial charge < -0.3 is 19.4 Å². The van der Waals surface area contributed by atoms with E-state index in [-0.39, 0.29) is 17.6 Å². The molecule has 0 aliphatic carbocycles. The minimum atomic E-state index is -0.651. The van der Waals surface area contributed by atoms with Gasteiger partial charge >= 0.3 is 5.91 Å². The number of carbonyl (C=O) groups is 1. The number of aromatic hydroxyl groups is 1. The van der Waals surface area contributed by atoms with E-state index in [1.807, 2.05) is 30.5 Å². The number of likely N-dealkylation sites (tertiary alicyclic amines) is 1. The van der Waals surface area contributed by atoms with Gasteiger partial charge in [-0.05, 0) is 60.9 Å². The van der Waals surface area contributed by atoms with Crippen molar-refractivity contribution in [2.24, 2.45) is 15.4 Å². The van der Waals surface area contributed by atoms with Crippen LogP contribution in [0.1, 0.15) is 36.4 Å². The van der Waals surface area contributed by atoms with Crippen LogP contribution in [0.2, 0.25) is 0 Å². The summed E-state index contributed by atoms with van der Waals surface area (Å²) < 4.78 is 13.1. The molecule has 1 aliphatic rings. The molecule has 0 bridgehead atoms. The summed E-state index contributed by atoms with van der Waals surface area (Å²) in [5, 5.41) is 23.7. The standard InChI is InChI=1S/C30H31BrN6O5/c1-40-26-11-8-20(14-27(26)41-2)16-33-42-18-28(38)34-35-29-23-15-22(31)9-10-25(23)37(30(29)39)19-36-13-4-3-7-24(36)21-6-5-12-32-17-21/h5-6,8-12,14-17,24,39H,3-4,7,13,18-19H2,1-2H3. The Morgan fingerprint density at radius 2 is 2.00 bits per heavy atom. The Kier molecular flexibility index (Phi) is 9.45. The van der Waals surface area contributed by atoms with Gasteiger partial charge in [0.2, 0.25) is 5.88 Å². The Morgan fingerprint density at radius 1 is 1.14 bits per heavy atom. The molecule has 1 unspecified atom stereocenters. The van der Waals surface area contributed by atoms with Gasteiger partial charge in [0.15, 0.2) is 23.8 Å². The average Bonchev–Trinajstić information content (AvgIpc) is 3.27. The first-order valence-electron chi connectivity index (χ1n) is 13.4. The Balaban J connectivity index is 1.31. The zero-order valence-corrected chi connectivity index (χ0v) is 24.9. The summed E-state index contributed by atoms with van der Waals surface area (Å²) in [6, 6.07) is 15.1. The van der Waals surface area contributed by atoms with E-state index in [1.165, 1.54) is 6.21 Å². The van der Waals surface area contributed by atoms with Crippen LogP contribution in [0.25, 0.3) is 10.9 Å². The summed E-state index contributed by atoms with van der Waals surface area (Å²) in [5.41, 5.74) is 2.84. The highest BCUT2D eigenvalue weighted by Gasteiger charge is 2.27. The summed E-state index contributed by atoms with van der Waals surface area (Å²) in [6.07, 6.45) is 8.32. The number of fused-ring (bicyclic) bond motifs is 1. The SMILES string of the molecule is COc1ccc(C=NOCC(=O)N=Nc2c(O)n(CN3CCCCC3c3cccnc3)c3ccc(Br)cc23)cc1OC. The van der Waals surface area contributed by atoms with Gasteiger partial charge in [0, 0.05) is 40.4 Å². The van der Waals surface area contributed by atoms with E-state index >= 15 is 0 Å². The number of ether oxygens (including phenoxy) is 2. The minimum absolute atomic E-state index is 0.0671. The topological polar surface area (TPSA) is 123 Å². The number of nitrogens with zero attached hydrogens (tertiary/aromatic N) is 6. The summed E-state index contributed by atoms with van der Waals surface area (Å²) in [4.78, 5) is 24.2. The Bertz CT molecular complexity index is 1610. The predicted molar refractivity (Wildman–Crippen MR) is 161 cm³/mol. The molecule has 12 heteroatoms. The minimum Gasteiger partial charge on any atom is -0.493 e. The van der Waals surface area contributed by atoms with E-state index in [2.05, 4.69) is 47.3 Å². The molecule has 11 nitrogen and oxygen atoms in total. The fraction of sp³-hybridized carbons (Fsp3) is 0.300. The Hall–Kier alpha value is -4.29. The maximum atomic E-state index is 12.4. The number of methoxy groups -OCH3 is 2. The van der Waals surface area contributed by atoms with Gasteiger partial charge in [-0.2, -0.15) is 0 Å². The number of azo groups is 1. The number of benzene rings is 2. The molecule has 1 N–H and O–H groups in total. The molecule has 218 valence electrons. The fourth-order valence-corrected chi connectivity index (χ4v) is 5.45. The van der Waals surface area contributed by atoms with E-state index in [0.29, 0.717) is 29.1 Å². The molecule has 2 aromatic heterocycles. The highest BCUT2D eigenvalue weighted by atomic mass is 79.9. The number of rotatable bonds is 10. The first-order chi connectivity index (χ1) is 20.5. The predicted octanol–water partition coefficient (Wildman–Crippen LogP) is 6.37. The number of carbonyl (C=O) groups excluding carboxylic acids is 1. The van der Waals surface area contributed by atoms with Gasteiger partial charge in [-0.3, -0.25) is 19.2 Å². The van der Waals surface area contributed by atoms with Crippen LogP contribution in [-0.2, 0) is 16.3 Å². The lowest BCUT2D eigenvalue weighted by Crippen LogP contribution is -2.34. The van der Waals surface area contributed by atoms with E-state index < -0.39 is 12.5 Å². The second-order valence-electron chi connectivity index (χ2n) is 9.73. The molecule has 3 heterocycles. The second-order valence-corrected chi connectivity index (χ2v) is 10.6. The number of oxime groups is 1. The average molecular weight is 636 g/mol. The third kappa shape index (κ3) is 6.60. The van der Waals surface area contributed by atoms with Gasteiger partial charge in [0.25, 0.3) is 0 Å². The van der Waals surface area contributed by atoms with Crippen molar-refractivity contribution >= 4 is 44.6 Å². The van der Waals surface area contributed by atoms with Gasteiger partial charge in [0.1, 0.15) is 0 Å². The third-order valence-corrected chi connectivity index (χ3v) is 7.60. The summed E-state index contributed by atoms with van der Waals surface area (Å²) in [7, 11) is 3.10. The van der Waals surface area contributed by atoms with Crippen molar-refractivity contribution in [2.75, 3.05) is 27.4 Å². The number of hydrogen-bond acceptors (Lipinski definition) is 9. The van der Waals surface area contributed by atoms with Crippen molar-refractivity contribution in [3.8, 4) is 17.4 Å². The molecule has 1 fully saturated rings. The zero-order valence-electron chi connectivity index (χ0n) is 23.3. The molecule has 2 aromatic carbocycles. The number of amides is 1. The maximum absolute atomic E-state index is 12.4. The molecule has 0 spiro atoms. The molecule has 4 aromatic rings. The zero-order chi connectivity index (χ0) is 29.5. The molecule has 0 radical (unpaired) electrons.